The van der Waals surface area contributed by atoms with Crippen molar-refractivity contribution in [3.63, 3.8) is 0 Å². The normalized spacial score (nSPS) is 12.2. The third-order valence-electron chi connectivity index (χ3n) is 3.13. The highest BCUT2D eigenvalue weighted by atomic mass is 19.2. The van der Waals surface area contributed by atoms with Crippen molar-refractivity contribution < 1.29 is 13.6 Å². The zero-order valence-electron chi connectivity index (χ0n) is 10.6. The average molecular weight is 260 g/mol. The molecule has 19 heavy (non-hydrogen) atoms. The molecular weight excluding hydrogens is 246 g/mol. The predicted molar refractivity (Wildman–Crippen MR) is 70.2 cm³/mol. The van der Waals surface area contributed by atoms with Crippen molar-refractivity contribution in [2.75, 3.05) is 0 Å². The lowest BCUT2D eigenvalue weighted by atomic mass is 9.88. The highest BCUT2D eigenvalue weighted by molar-refractivity contribution is 6.00. The quantitative estimate of drug-likeness (QED) is 0.747. The first-order valence-electron chi connectivity index (χ1n) is 6.17. The van der Waals surface area contributed by atoms with E-state index in [-0.39, 0.29) is 17.3 Å². The van der Waals surface area contributed by atoms with Gasteiger partial charge in [0.1, 0.15) is 0 Å². The largest absolute Gasteiger partial charge is 0.293 e. The number of carbonyl (C=O) groups is 1. The van der Waals surface area contributed by atoms with Crippen LogP contribution in [-0.2, 0) is 0 Å². The molecule has 0 amide bonds. The van der Waals surface area contributed by atoms with Gasteiger partial charge in [-0.3, -0.25) is 4.79 Å². The second kappa shape index (κ2) is 5.74. The maximum absolute atomic E-state index is 13.2. The maximum Gasteiger partial charge on any atom is 0.170 e. The molecule has 0 spiro atoms. The first-order chi connectivity index (χ1) is 9.13. The molecule has 0 N–H and O–H groups in total. The van der Waals surface area contributed by atoms with E-state index in [1.807, 2.05) is 37.3 Å². The Bertz CT molecular complexity index is 579. The molecule has 3 heteroatoms. The maximum atomic E-state index is 13.2. The summed E-state index contributed by atoms with van der Waals surface area (Å²) < 4.78 is 26.1. The number of hydrogen-bond donors (Lipinski definition) is 0. The van der Waals surface area contributed by atoms with E-state index in [0.717, 1.165) is 17.7 Å². The van der Waals surface area contributed by atoms with Gasteiger partial charge in [0.15, 0.2) is 17.4 Å². The van der Waals surface area contributed by atoms with Crippen LogP contribution in [0.2, 0.25) is 0 Å². The van der Waals surface area contributed by atoms with Crippen molar-refractivity contribution in [2.45, 2.75) is 19.3 Å². The van der Waals surface area contributed by atoms with Gasteiger partial charge in [-0.15, -0.1) is 0 Å². The van der Waals surface area contributed by atoms with E-state index in [1.54, 1.807) is 0 Å². The molecule has 0 aromatic heterocycles. The Labute approximate surface area is 110 Å². The van der Waals surface area contributed by atoms with Crippen molar-refractivity contribution in [1.29, 1.82) is 0 Å². The lowest BCUT2D eigenvalue weighted by Gasteiger charge is -2.14. The molecule has 2 aromatic rings. The molecule has 2 rings (SSSR count). The number of Topliss-reactive ketones (excluding diaryl/α,β-unsaturated/α-hetero) is 1. The van der Waals surface area contributed by atoms with Crippen molar-refractivity contribution in [3.8, 4) is 0 Å². The van der Waals surface area contributed by atoms with Gasteiger partial charge in [0, 0.05) is 11.5 Å². The Morgan fingerprint density at radius 3 is 2.32 bits per heavy atom. The van der Waals surface area contributed by atoms with Gasteiger partial charge in [-0.1, -0.05) is 37.3 Å². The lowest BCUT2D eigenvalue weighted by molar-refractivity contribution is 0.0957. The van der Waals surface area contributed by atoms with Crippen LogP contribution in [0.25, 0.3) is 0 Å². The molecule has 0 bridgehead atoms. The van der Waals surface area contributed by atoms with Crippen LogP contribution in [0.3, 0.4) is 0 Å². The smallest absolute Gasteiger partial charge is 0.170 e. The Balaban J connectivity index is 2.33. The summed E-state index contributed by atoms with van der Waals surface area (Å²) >= 11 is 0. The lowest BCUT2D eigenvalue weighted by Crippen LogP contribution is -2.12. The van der Waals surface area contributed by atoms with Gasteiger partial charge < -0.3 is 0 Å². The summed E-state index contributed by atoms with van der Waals surface area (Å²) in [6.07, 6.45) is 0.613. The predicted octanol–water partition coefficient (Wildman–Crippen LogP) is 4.34. The van der Waals surface area contributed by atoms with E-state index >= 15 is 0 Å². The fourth-order valence-corrected chi connectivity index (χ4v) is 2.11. The summed E-state index contributed by atoms with van der Waals surface area (Å²) in [7, 11) is 0. The SMILES string of the molecule is CCC(C(=O)c1ccc(F)c(F)c1)c1ccccc1. The second-order valence-corrected chi connectivity index (χ2v) is 4.36. The number of ketones is 1. The van der Waals surface area contributed by atoms with Crippen molar-refractivity contribution in [1.82, 2.24) is 0 Å². The summed E-state index contributed by atoms with van der Waals surface area (Å²) in [4.78, 5) is 12.4. The zero-order chi connectivity index (χ0) is 13.8. The van der Waals surface area contributed by atoms with Crippen molar-refractivity contribution >= 4 is 5.78 Å². The minimum Gasteiger partial charge on any atom is -0.293 e. The van der Waals surface area contributed by atoms with Crippen LogP contribution >= 0.6 is 0 Å². The molecule has 1 nitrogen and oxygen atoms in total. The summed E-state index contributed by atoms with van der Waals surface area (Å²) in [5.41, 5.74) is 1.09. The fraction of sp³-hybridized carbons (Fsp3) is 0.188. The number of benzene rings is 2. The van der Waals surface area contributed by atoms with Crippen molar-refractivity contribution in [2.24, 2.45) is 0 Å². The van der Waals surface area contributed by atoms with E-state index in [1.165, 1.54) is 6.07 Å². The van der Waals surface area contributed by atoms with Gasteiger partial charge in [-0.25, -0.2) is 8.78 Å². The minimum absolute atomic E-state index is 0.187. The molecule has 0 saturated carbocycles. The van der Waals surface area contributed by atoms with E-state index < -0.39 is 11.6 Å². The van der Waals surface area contributed by atoms with E-state index in [4.69, 9.17) is 0 Å². The highest BCUT2D eigenvalue weighted by Crippen LogP contribution is 2.24. The molecule has 0 heterocycles. The molecule has 1 unspecified atom stereocenters. The van der Waals surface area contributed by atoms with Crippen LogP contribution in [0.15, 0.2) is 48.5 Å². The summed E-state index contributed by atoms with van der Waals surface area (Å²) in [5.74, 6) is -2.45. The van der Waals surface area contributed by atoms with E-state index in [2.05, 4.69) is 0 Å². The molecule has 0 radical (unpaired) electrons. The van der Waals surface area contributed by atoms with Gasteiger partial charge in [0.05, 0.1) is 0 Å². The fourth-order valence-electron chi connectivity index (χ4n) is 2.11. The summed E-state index contributed by atoms with van der Waals surface area (Å²) in [6, 6.07) is 12.6. The highest BCUT2D eigenvalue weighted by Gasteiger charge is 2.21. The van der Waals surface area contributed by atoms with Gasteiger partial charge in [0.2, 0.25) is 0 Å². The summed E-state index contributed by atoms with van der Waals surface area (Å²) in [5, 5.41) is 0. The van der Waals surface area contributed by atoms with Gasteiger partial charge >= 0.3 is 0 Å². The first-order valence-corrected chi connectivity index (χ1v) is 6.17. The number of carbonyl (C=O) groups excluding carboxylic acids is 1. The van der Waals surface area contributed by atoms with Crippen molar-refractivity contribution in [3.05, 3.63) is 71.3 Å². The Kier molecular flexibility index (Phi) is 4.05. The molecular formula is C16H14F2O. The molecule has 0 aliphatic carbocycles. The molecule has 0 fully saturated rings. The molecule has 2 aromatic carbocycles. The topological polar surface area (TPSA) is 17.1 Å². The van der Waals surface area contributed by atoms with Crippen LogP contribution in [0.1, 0.15) is 35.2 Å². The third kappa shape index (κ3) is 2.87. The van der Waals surface area contributed by atoms with Crippen LogP contribution in [0.5, 0.6) is 0 Å². The first kappa shape index (κ1) is 13.4. The zero-order valence-corrected chi connectivity index (χ0v) is 10.6. The number of halogens is 2. The van der Waals surface area contributed by atoms with Gasteiger partial charge in [0.25, 0.3) is 0 Å². The molecule has 1 atom stereocenters. The van der Waals surface area contributed by atoms with Crippen LogP contribution in [0.4, 0.5) is 8.78 Å². The average Bonchev–Trinajstić information content (AvgIpc) is 2.44. The third-order valence-corrected chi connectivity index (χ3v) is 3.13. The minimum atomic E-state index is -0.992. The molecule has 0 aliphatic heterocycles. The Morgan fingerprint density at radius 2 is 1.74 bits per heavy atom. The van der Waals surface area contributed by atoms with Gasteiger partial charge in [-0.05, 0) is 30.2 Å². The number of rotatable bonds is 4. The molecule has 0 saturated heterocycles. The molecule has 0 aliphatic rings. The molecule has 98 valence electrons. The van der Waals surface area contributed by atoms with Gasteiger partial charge in [-0.2, -0.15) is 0 Å². The van der Waals surface area contributed by atoms with E-state index in [9.17, 15) is 13.6 Å². The Hall–Kier alpha value is -2.03. The second-order valence-electron chi connectivity index (χ2n) is 4.36. The van der Waals surface area contributed by atoms with Crippen LogP contribution < -0.4 is 0 Å². The number of hydrogen-bond acceptors (Lipinski definition) is 1. The van der Waals surface area contributed by atoms with Crippen LogP contribution in [-0.4, -0.2) is 5.78 Å². The van der Waals surface area contributed by atoms with E-state index in [0.29, 0.717) is 6.42 Å². The monoisotopic (exact) mass is 260 g/mol. The Morgan fingerprint density at radius 1 is 1.05 bits per heavy atom. The van der Waals surface area contributed by atoms with Crippen LogP contribution in [0, 0.1) is 11.6 Å². The standard InChI is InChI=1S/C16H14F2O/c1-2-13(11-6-4-3-5-7-11)16(19)12-8-9-14(17)15(18)10-12/h3-10,13H,2H2,1H3. The summed E-state index contributed by atoms with van der Waals surface area (Å²) in [6.45, 7) is 1.90.